The Morgan fingerprint density at radius 3 is 2.93 bits per heavy atom. The van der Waals surface area contributed by atoms with Gasteiger partial charge in [0.15, 0.2) is 0 Å². The van der Waals surface area contributed by atoms with E-state index in [-0.39, 0.29) is 6.04 Å². The first kappa shape index (κ1) is 11.5. The number of pyridine rings is 1. The van der Waals surface area contributed by atoms with Gasteiger partial charge in [0.1, 0.15) is 17.4 Å². The van der Waals surface area contributed by atoms with Crippen molar-refractivity contribution in [1.82, 2.24) is 10.3 Å². The fraction of sp³-hybridized carbons (Fsp3) is 0.455. The number of nitriles is 1. The van der Waals surface area contributed by atoms with Gasteiger partial charge in [0.2, 0.25) is 0 Å². The second kappa shape index (κ2) is 5.32. The Bertz CT molecular complexity index is 371. The van der Waals surface area contributed by atoms with Gasteiger partial charge in [0, 0.05) is 18.3 Å². The van der Waals surface area contributed by atoms with Crippen LogP contribution in [-0.2, 0) is 0 Å². The second-order valence-corrected chi connectivity index (χ2v) is 3.16. The van der Waals surface area contributed by atoms with Crippen LogP contribution >= 0.6 is 0 Å². The lowest BCUT2D eigenvalue weighted by Crippen LogP contribution is -2.14. The van der Waals surface area contributed by atoms with Crippen LogP contribution in [0.5, 0.6) is 5.75 Å². The van der Waals surface area contributed by atoms with Crippen molar-refractivity contribution in [2.24, 2.45) is 0 Å². The third kappa shape index (κ3) is 2.67. The summed E-state index contributed by atoms with van der Waals surface area (Å²) < 4.78 is 5.37. The van der Waals surface area contributed by atoms with Crippen LogP contribution in [0.3, 0.4) is 0 Å². The van der Waals surface area contributed by atoms with Crippen molar-refractivity contribution < 1.29 is 4.74 Å². The molecule has 0 saturated heterocycles. The van der Waals surface area contributed by atoms with Gasteiger partial charge < -0.3 is 10.1 Å². The van der Waals surface area contributed by atoms with E-state index >= 15 is 0 Å². The molecule has 0 fully saturated rings. The fourth-order valence-corrected chi connectivity index (χ4v) is 1.20. The summed E-state index contributed by atoms with van der Waals surface area (Å²) in [6.45, 7) is 4.44. The predicted molar refractivity (Wildman–Crippen MR) is 57.6 cm³/mol. The molecule has 1 unspecified atom stereocenters. The standard InChI is InChI=1S/C11H15N3O/c1-4-15-11-5-10(8(2)13-3)14-7-9(11)6-12/h5,7-8,13H,4H2,1-3H3. The van der Waals surface area contributed by atoms with Crippen molar-refractivity contribution in [1.29, 1.82) is 5.26 Å². The molecule has 80 valence electrons. The van der Waals surface area contributed by atoms with E-state index in [0.29, 0.717) is 17.9 Å². The zero-order chi connectivity index (χ0) is 11.3. The molecule has 1 atom stereocenters. The minimum Gasteiger partial charge on any atom is -0.492 e. The van der Waals surface area contributed by atoms with Crippen molar-refractivity contribution in [2.75, 3.05) is 13.7 Å². The van der Waals surface area contributed by atoms with Crippen LogP contribution in [0, 0.1) is 11.3 Å². The fourth-order valence-electron chi connectivity index (χ4n) is 1.20. The van der Waals surface area contributed by atoms with Crippen molar-refractivity contribution in [2.45, 2.75) is 19.9 Å². The van der Waals surface area contributed by atoms with Crippen molar-refractivity contribution in [3.8, 4) is 11.8 Å². The number of hydrogen-bond donors (Lipinski definition) is 1. The van der Waals surface area contributed by atoms with Crippen molar-refractivity contribution in [3.63, 3.8) is 0 Å². The molecule has 1 rings (SSSR count). The number of aromatic nitrogens is 1. The molecule has 4 nitrogen and oxygen atoms in total. The monoisotopic (exact) mass is 205 g/mol. The minimum absolute atomic E-state index is 0.150. The Morgan fingerprint density at radius 1 is 1.67 bits per heavy atom. The average molecular weight is 205 g/mol. The summed E-state index contributed by atoms with van der Waals surface area (Å²) in [5, 5.41) is 11.9. The van der Waals surface area contributed by atoms with Crippen LogP contribution in [0.4, 0.5) is 0 Å². The molecule has 1 aromatic rings. The topological polar surface area (TPSA) is 57.9 Å². The summed E-state index contributed by atoms with van der Waals surface area (Å²) in [4.78, 5) is 4.20. The summed E-state index contributed by atoms with van der Waals surface area (Å²) in [5.41, 5.74) is 1.35. The summed E-state index contributed by atoms with van der Waals surface area (Å²) >= 11 is 0. The summed E-state index contributed by atoms with van der Waals surface area (Å²) in [5.74, 6) is 0.604. The molecule has 0 bridgehead atoms. The van der Waals surface area contributed by atoms with Gasteiger partial charge in [-0.1, -0.05) is 0 Å². The van der Waals surface area contributed by atoms with E-state index in [1.165, 1.54) is 0 Å². The highest BCUT2D eigenvalue weighted by Crippen LogP contribution is 2.20. The van der Waals surface area contributed by atoms with E-state index in [2.05, 4.69) is 16.4 Å². The zero-order valence-electron chi connectivity index (χ0n) is 9.24. The lowest BCUT2D eigenvalue weighted by atomic mass is 10.2. The van der Waals surface area contributed by atoms with Crippen molar-refractivity contribution >= 4 is 0 Å². The zero-order valence-corrected chi connectivity index (χ0v) is 9.24. The maximum absolute atomic E-state index is 8.85. The van der Waals surface area contributed by atoms with E-state index < -0.39 is 0 Å². The lowest BCUT2D eigenvalue weighted by Gasteiger charge is -2.12. The number of nitrogens with one attached hydrogen (secondary N) is 1. The highest BCUT2D eigenvalue weighted by molar-refractivity contribution is 5.42. The normalized spacial score (nSPS) is 11.9. The molecule has 1 N–H and O–H groups in total. The minimum atomic E-state index is 0.150. The van der Waals surface area contributed by atoms with Gasteiger partial charge in [0.05, 0.1) is 12.3 Å². The van der Waals surface area contributed by atoms with Crippen LogP contribution < -0.4 is 10.1 Å². The molecule has 15 heavy (non-hydrogen) atoms. The van der Waals surface area contributed by atoms with Crippen LogP contribution in [-0.4, -0.2) is 18.6 Å². The Balaban J connectivity index is 3.05. The number of rotatable bonds is 4. The Hall–Kier alpha value is -1.60. The molecule has 0 aliphatic heterocycles. The molecule has 0 aliphatic carbocycles. The maximum atomic E-state index is 8.85. The molecule has 0 amide bonds. The van der Waals surface area contributed by atoms with Crippen LogP contribution in [0.1, 0.15) is 31.1 Å². The molecular formula is C11H15N3O. The molecular weight excluding hydrogens is 190 g/mol. The number of ether oxygens (including phenoxy) is 1. The van der Waals surface area contributed by atoms with Crippen LogP contribution in [0.15, 0.2) is 12.3 Å². The van der Waals surface area contributed by atoms with E-state index in [1.54, 1.807) is 6.20 Å². The van der Waals surface area contributed by atoms with E-state index in [0.717, 1.165) is 5.69 Å². The average Bonchev–Trinajstić information content (AvgIpc) is 2.28. The molecule has 0 saturated carbocycles. The maximum Gasteiger partial charge on any atom is 0.140 e. The molecule has 0 spiro atoms. The van der Waals surface area contributed by atoms with E-state index in [1.807, 2.05) is 27.0 Å². The van der Waals surface area contributed by atoms with Crippen LogP contribution in [0.25, 0.3) is 0 Å². The molecule has 4 heteroatoms. The molecule has 0 aliphatic rings. The number of nitrogens with zero attached hydrogens (tertiary/aromatic N) is 2. The van der Waals surface area contributed by atoms with Gasteiger partial charge in [-0.2, -0.15) is 5.26 Å². The number of hydrogen-bond acceptors (Lipinski definition) is 4. The first-order chi connectivity index (χ1) is 7.22. The molecule has 1 aromatic heterocycles. The van der Waals surface area contributed by atoms with Gasteiger partial charge in [-0.25, -0.2) is 0 Å². The first-order valence-electron chi connectivity index (χ1n) is 4.93. The van der Waals surface area contributed by atoms with Gasteiger partial charge in [-0.15, -0.1) is 0 Å². The summed E-state index contributed by atoms with van der Waals surface area (Å²) in [6.07, 6.45) is 1.55. The predicted octanol–water partition coefficient (Wildman–Crippen LogP) is 1.63. The van der Waals surface area contributed by atoms with Crippen molar-refractivity contribution in [3.05, 3.63) is 23.5 Å². The largest absolute Gasteiger partial charge is 0.492 e. The van der Waals surface area contributed by atoms with Crippen LogP contribution in [0.2, 0.25) is 0 Å². The van der Waals surface area contributed by atoms with E-state index in [9.17, 15) is 0 Å². The highest BCUT2D eigenvalue weighted by Gasteiger charge is 2.09. The third-order valence-electron chi connectivity index (χ3n) is 2.18. The lowest BCUT2D eigenvalue weighted by molar-refractivity contribution is 0.338. The molecule has 0 aromatic carbocycles. The Labute approximate surface area is 89.9 Å². The first-order valence-corrected chi connectivity index (χ1v) is 4.93. The third-order valence-corrected chi connectivity index (χ3v) is 2.18. The van der Waals surface area contributed by atoms with Gasteiger partial charge in [-0.3, -0.25) is 4.98 Å². The second-order valence-electron chi connectivity index (χ2n) is 3.16. The highest BCUT2D eigenvalue weighted by atomic mass is 16.5. The van der Waals surface area contributed by atoms with Gasteiger partial charge in [-0.05, 0) is 20.9 Å². The molecule has 1 heterocycles. The quantitative estimate of drug-likeness (QED) is 0.811. The summed E-state index contributed by atoms with van der Waals surface area (Å²) in [6, 6.07) is 4.02. The van der Waals surface area contributed by atoms with Gasteiger partial charge >= 0.3 is 0 Å². The Morgan fingerprint density at radius 2 is 2.40 bits per heavy atom. The van der Waals surface area contributed by atoms with E-state index in [4.69, 9.17) is 10.00 Å². The van der Waals surface area contributed by atoms with Gasteiger partial charge in [0.25, 0.3) is 0 Å². The Kier molecular flexibility index (Phi) is 4.07. The molecule has 0 radical (unpaired) electrons. The SMILES string of the molecule is CCOc1cc(C(C)NC)ncc1C#N. The smallest absolute Gasteiger partial charge is 0.140 e. The summed E-state index contributed by atoms with van der Waals surface area (Å²) in [7, 11) is 1.87.